The molecule has 0 bridgehead atoms. The molecule has 0 aliphatic carbocycles. The Balaban J connectivity index is 1.98. The summed E-state index contributed by atoms with van der Waals surface area (Å²) in [5.41, 5.74) is -0.515. The standard InChI is InChI=1S/C14H10F4N2OS/c15-9-3-5-10(6-4-9)20-12(21)8-22-13-11(14(16,17)18)2-1-7-19-13/h1-7H,8H2,(H,20,21). The first-order valence-corrected chi connectivity index (χ1v) is 7.05. The number of nitrogens with zero attached hydrogens (tertiary/aromatic N) is 1. The highest BCUT2D eigenvalue weighted by Gasteiger charge is 2.34. The fourth-order valence-corrected chi connectivity index (χ4v) is 2.40. The van der Waals surface area contributed by atoms with Crippen LogP contribution in [0, 0.1) is 5.82 Å². The van der Waals surface area contributed by atoms with Gasteiger partial charge in [0, 0.05) is 11.9 Å². The lowest BCUT2D eigenvalue weighted by atomic mass is 10.3. The van der Waals surface area contributed by atoms with Crippen LogP contribution in [0.3, 0.4) is 0 Å². The highest BCUT2D eigenvalue weighted by molar-refractivity contribution is 8.00. The first-order chi connectivity index (χ1) is 10.4. The number of hydrogen-bond donors (Lipinski definition) is 1. The minimum atomic E-state index is -4.52. The van der Waals surface area contributed by atoms with Crippen molar-refractivity contribution in [3.05, 3.63) is 54.0 Å². The molecule has 22 heavy (non-hydrogen) atoms. The normalized spacial score (nSPS) is 11.3. The third-order valence-corrected chi connectivity index (χ3v) is 3.55. The maximum atomic E-state index is 12.8. The van der Waals surface area contributed by atoms with Crippen LogP contribution < -0.4 is 5.32 Å². The fraction of sp³-hybridized carbons (Fsp3) is 0.143. The predicted molar refractivity (Wildman–Crippen MR) is 75.0 cm³/mol. The molecule has 0 saturated carbocycles. The van der Waals surface area contributed by atoms with Crippen molar-refractivity contribution in [2.45, 2.75) is 11.2 Å². The maximum Gasteiger partial charge on any atom is 0.419 e. The number of nitrogens with one attached hydrogen (secondary N) is 1. The van der Waals surface area contributed by atoms with E-state index in [1.54, 1.807) is 0 Å². The average molecular weight is 330 g/mol. The SMILES string of the molecule is O=C(CSc1ncccc1C(F)(F)F)Nc1ccc(F)cc1. The van der Waals surface area contributed by atoms with E-state index in [1.807, 2.05) is 0 Å². The van der Waals surface area contributed by atoms with Gasteiger partial charge in [0.25, 0.3) is 0 Å². The molecule has 8 heteroatoms. The zero-order valence-corrected chi connectivity index (χ0v) is 11.8. The van der Waals surface area contributed by atoms with Crippen LogP contribution in [0.15, 0.2) is 47.6 Å². The summed E-state index contributed by atoms with van der Waals surface area (Å²) in [6.45, 7) is 0. The van der Waals surface area contributed by atoms with E-state index in [4.69, 9.17) is 0 Å². The third-order valence-electron chi connectivity index (χ3n) is 2.54. The Morgan fingerprint density at radius 1 is 1.18 bits per heavy atom. The van der Waals surface area contributed by atoms with E-state index in [2.05, 4.69) is 10.3 Å². The van der Waals surface area contributed by atoms with Gasteiger partial charge in [-0.15, -0.1) is 0 Å². The Morgan fingerprint density at radius 2 is 1.86 bits per heavy atom. The molecule has 0 aliphatic rings. The fourth-order valence-electron chi connectivity index (χ4n) is 1.59. The van der Waals surface area contributed by atoms with Crippen molar-refractivity contribution in [1.82, 2.24) is 4.98 Å². The summed E-state index contributed by atoms with van der Waals surface area (Å²) in [5.74, 6) is -1.19. The van der Waals surface area contributed by atoms with Gasteiger partial charge in [-0.25, -0.2) is 9.37 Å². The van der Waals surface area contributed by atoms with Gasteiger partial charge >= 0.3 is 6.18 Å². The van der Waals surface area contributed by atoms with E-state index in [1.165, 1.54) is 36.5 Å². The molecule has 1 aromatic carbocycles. The molecule has 0 atom stereocenters. The Kier molecular flexibility index (Phi) is 5.02. The molecule has 3 nitrogen and oxygen atoms in total. The Bertz CT molecular complexity index is 659. The van der Waals surface area contributed by atoms with Crippen molar-refractivity contribution in [1.29, 1.82) is 0 Å². The number of anilines is 1. The summed E-state index contributed by atoms with van der Waals surface area (Å²) in [5, 5.41) is 2.20. The van der Waals surface area contributed by atoms with Crippen molar-refractivity contribution >= 4 is 23.4 Å². The number of halogens is 4. The van der Waals surface area contributed by atoms with Crippen LogP contribution >= 0.6 is 11.8 Å². The Morgan fingerprint density at radius 3 is 2.50 bits per heavy atom. The minimum Gasteiger partial charge on any atom is -0.325 e. The van der Waals surface area contributed by atoms with Crippen LogP contribution in [0.25, 0.3) is 0 Å². The second-order valence-electron chi connectivity index (χ2n) is 4.20. The van der Waals surface area contributed by atoms with Crippen LogP contribution in [0.5, 0.6) is 0 Å². The van der Waals surface area contributed by atoms with Crippen molar-refractivity contribution in [3.63, 3.8) is 0 Å². The van der Waals surface area contributed by atoms with Gasteiger partial charge in [0.2, 0.25) is 5.91 Å². The van der Waals surface area contributed by atoms with Crippen LogP contribution in [0.4, 0.5) is 23.2 Å². The molecule has 2 rings (SSSR count). The van der Waals surface area contributed by atoms with E-state index < -0.39 is 23.5 Å². The molecule has 0 fully saturated rings. The topological polar surface area (TPSA) is 42.0 Å². The predicted octanol–water partition coefficient (Wildman–Crippen LogP) is 3.97. The van der Waals surface area contributed by atoms with E-state index in [-0.39, 0.29) is 10.8 Å². The van der Waals surface area contributed by atoms with E-state index in [9.17, 15) is 22.4 Å². The molecule has 1 heterocycles. The lowest BCUT2D eigenvalue weighted by molar-refractivity contribution is -0.140. The largest absolute Gasteiger partial charge is 0.419 e. The lowest BCUT2D eigenvalue weighted by Gasteiger charge is -2.11. The summed E-state index contributed by atoms with van der Waals surface area (Å²) in [6, 6.07) is 7.16. The molecule has 0 radical (unpaired) electrons. The summed E-state index contributed by atoms with van der Waals surface area (Å²) in [4.78, 5) is 15.3. The molecule has 0 aliphatic heterocycles. The number of thioether (sulfide) groups is 1. The van der Waals surface area contributed by atoms with E-state index in [0.717, 1.165) is 6.07 Å². The number of carbonyl (C=O) groups is 1. The molecular weight excluding hydrogens is 320 g/mol. The number of pyridine rings is 1. The van der Waals surface area contributed by atoms with Gasteiger partial charge in [0.1, 0.15) is 10.8 Å². The number of rotatable bonds is 4. The van der Waals surface area contributed by atoms with E-state index >= 15 is 0 Å². The molecule has 1 aromatic heterocycles. The molecule has 0 saturated heterocycles. The molecule has 2 aromatic rings. The van der Waals surface area contributed by atoms with Gasteiger partial charge < -0.3 is 5.32 Å². The number of benzene rings is 1. The number of hydrogen-bond acceptors (Lipinski definition) is 3. The molecule has 0 spiro atoms. The molecule has 1 N–H and O–H groups in total. The Hall–Kier alpha value is -2.09. The maximum absolute atomic E-state index is 12.8. The molecule has 116 valence electrons. The van der Waals surface area contributed by atoms with Crippen LogP contribution in [0.2, 0.25) is 0 Å². The van der Waals surface area contributed by atoms with Gasteiger partial charge in [-0.2, -0.15) is 13.2 Å². The van der Waals surface area contributed by atoms with Gasteiger partial charge in [0.05, 0.1) is 11.3 Å². The van der Waals surface area contributed by atoms with Crippen molar-refractivity contribution in [2.24, 2.45) is 0 Å². The number of carbonyl (C=O) groups excluding carboxylic acids is 1. The number of amides is 1. The van der Waals surface area contributed by atoms with Gasteiger partial charge in [-0.3, -0.25) is 4.79 Å². The monoisotopic (exact) mass is 330 g/mol. The van der Waals surface area contributed by atoms with Gasteiger partial charge in [-0.05, 0) is 36.4 Å². The van der Waals surface area contributed by atoms with Crippen LogP contribution in [-0.4, -0.2) is 16.6 Å². The van der Waals surface area contributed by atoms with Crippen molar-refractivity contribution in [3.8, 4) is 0 Å². The molecular formula is C14H10F4N2OS. The third kappa shape index (κ3) is 4.45. The van der Waals surface area contributed by atoms with E-state index in [0.29, 0.717) is 17.4 Å². The summed E-state index contributed by atoms with van der Waals surface area (Å²) >= 11 is 0.687. The molecule has 0 unspecified atom stereocenters. The average Bonchev–Trinajstić information content (AvgIpc) is 2.47. The van der Waals surface area contributed by atoms with Crippen LogP contribution in [-0.2, 0) is 11.0 Å². The summed E-state index contributed by atoms with van der Waals surface area (Å²) in [6.07, 6.45) is -3.29. The van der Waals surface area contributed by atoms with Gasteiger partial charge in [-0.1, -0.05) is 11.8 Å². The lowest BCUT2D eigenvalue weighted by Crippen LogP contribution is -2.15. The zero-order valence-electron chi connectivity index (χ0n) is 11.0. The minimum absolute atomic E-state index is 0.239. The van der Waals surface area contributed by atoms with Gasteiger partial charge in [0.15, 0.2) is 0 Å². The Labute approximate surface area is 127 Å². The zero-order chi connectivity index (χ0) is 16.2. The highest BCUT2D eigenvalue weighted by Crippen LogP contribution is 2.35. The van der Waals surface area contributed by atoms with Crippen molar-refractivity contribution < 1.29 is 22.4 Å². The smallest absolute Gasteiger partial charge is 0.325 e. The summed E-state index contributed by atoms with van der Waals surface area (Å²) in [7, 11) is 0. The quantitative estimate of drug-likeness (QED) is 0.681. The molecule has 1 amide bonds. The van der Waals surface area contributed by atoms with Crippen molar-refractivity contribution in [2.75, 3.05) is 11.1 Å². The first kappa shape index (κ1) is 16.3. The summed E-state index contributed by atoms with van der Waals surface area (Å²) < 4.78 is 51.0. The second kappa shape index (κ2) is 6.78. The highest BCUT2D eigenvalue weighted by atomic mass is 32.2. The second-order valence-corrected chi connectivity index (χ2v) is 5.16. The number of alkyl halides is 3. The van der Waals surface area contributed by atoms with Crippen LogP contribution in [0.1, 0.15) is 5.56 Å². The first-order valence-electron chi connectivity index (χ1n) is 6.06. The number of aromatic nitrogens is 1.